The Hall–Kier alpha value is -1.35. The van der Waals surface area contributed by atoms with Crippen molar-refractivity contribution in [3.05, 3.63) is 29.5 Å². The van der Waals surface area contributed by atoms with Gasteiger partial charge in [-0.25, -0.2) is 9.97 Å². The van der Waals surface area contributed by atoms with Crippen LogP contribution in [0.4, 0.5) is 5.82 Å². The molecule has 0 aliphatic heterocycles. The fraction of sp³-hybridized carbons (Fsp3) is 0.500. The number of nitrogens with one attached hydrogen (secondary N) is 1. The SMILES string of the molecule is Clc1nc(NCCCC2CCCC2)c2ccccc2n1. The number of anilines is 1. The molecule has 1 heterocycles. The Balaban J connectivity index is 1.61. The first-order valence-corrected chi connectivity index (χ1v) is 7.87. The molecule has 1 saturated carbocycles. The molecule has 3 nitrogen and oxygen atoms in total. The summed E-state index contributed by atoms with van der Waals surface area (Å²) < 4.78 is 0. The third-order valence-electron chi connectivity index (χ3n) is 4.13. The zero-order valence-electron chi connectivity index (χ0n) is 11.6. The normalized spacial score (nSPS) is 15.8. The van der Waals surface area contributed by atoms with E-state index in [1.165, 1.54) is 38.5 Å². The zero-order valence-corrected chi connectivity index (χ0v) is 12.4. The van der Waals surface area contributed by atoms with E-state index in [0.717, 1.165) is 29.2 Å². The predicted octanol–water partition coefficient (Wildman–Crippen LogP) is 4.67. The molecule has 1 aromatic heterocycles. The molecule has 1 aliphatic carbocycles. The van der Waals surface area contributed by atoms with Gasteiger partial charge in [-0.3, -0.25) is 0 Å². The minimum absolute atomic E-state index is 0.307. The molecule has 1 fully saturated rings. The molecule has 2 aromatic rings. The van der Waals surface area contributed by atoms with Gasteiger partial charge >= 0.3 is 0 Å². The van der Waals surface area contributed by atoms with Crippen LogP contribution in [-0.2, 0) is 0 Å². The Bertz CT molecular complexity index is 579. The quantitative estimate of drug-likeness (QED) is 0.642. The third-order valence-corrected chi connectivity index (χ3v) is 4.30. The van der Waals surface area contributed by atoms with Gasteiger partial charge in [-0.05, 0) is 42.5 Å². The first-order valence-electron chi connectivity index (χ1n) is 7.49. The average molecular weight is 290 g/mol. The molecule has 4 heteroatoms. The number of para-hydroxylation sites is 1. The van der Waals surface area contributed by atoms with E-state index in [-0.39, 0.29) is 0 Å². The summed E-state index contributed by atoms with van der Waals surface area (Å²) in [5.74, 6) is 1.80. The van der Waals surface area contributed by atoms with Gasteiger partial charge in [0.25, 0.3) is 0 Å². The van der Waals surface area contributed by atoms with Gasteiger partial charge in [-0.1, -0.05) is 37.8 Å². The summed E-state index contributed by atoms with van der Waals surface area (Å²) in [6.45, 7) is 0.952. The van der Waals surface area contributed by atoms with Crippen LogP contribution in [0.15, 0.2) is 24.3 Å². The molecule has 0 spiro atoms. The van der Waals surface area contributed by atoms with E-state index in [1.807, 2.05) is 24.3 Å². The first kappa shape index (κ1) is 13.6. The van der Waals surface area contributed by atoms with Crippen LogP contribution < -0.4 is 5.32 Å². The molecule has 1 aromatic carbocycles. The lowest BCUT2D eigenvalue weighted by atomic mass is 10.0. The number of fused-ring (bicyclic) bond motifs is 1. The molecule has 0 saturated heterocycles. The number of nitrogens with zero attached hydrogens (tertiary/aromatic N) is 2. The highest BCUT2D eigenvalue weighted by Crippen LogP contribution is 2.28. The minimum Gasteiger partial charge on any atom is -0.369 e. The number of aromatic nitrogens is 2. The van der Waals surface area contributed by atoms with Gasteiger partial charge in [0.05, 0.1) is 5.52 Å². The lowest BCUT2D eigenvalue weighted by molar-refractivity contribution is 0.491. The van der Waals surface area contributed by atoms with Gasteiger partial charge < -0.3 is 5.32 Å². The third kappa shape index (κ3) is 3.21. The number of benzene rings is 1. The molecule has 0 bridgehead atoms. The second-order valence-corrected chi connectivity index (χ2v) is 5.92. The average Bonchev–Trinajstić information content (AvgIpc) is 2.96. The summed E-state index contributed by atoms with van der Waals surface area (Å²) in [4.78, 5) is 8.56. The zero-order chi connectivity index (χ0) is 13.8. The summed E-state index contributed by atoms with van der Waals surface area (Å²) in [6, 6.07) is 7.97. The molecule has 3 rings (SSSR count). The smallest absolute Gasteiger partial charge is 0.224 e. The van der Waals surface area contributed by atoms with Crippen LogP contribution in [0, 0.1) is 5.92 Å². The van der Waals surface area contributed by atoms with Crippen LogP contribution in [0.3, 0.4) is 0 Å². The van der Waals surface area contributed by atoms with Crippen molar-refractivity contribution in [1.82, 2.24) is 9.97 Å². The monoisotopic (exact) mass is 289 g/mol. The maximum atomic E-state index is 5.98. The predicted molar refractivity (Wildman–Crippen MR) is 84.2 cm³/mol. The standard InChI is InChI=1S/C16H20ClN3/c17-16-19-14-10-4-3-9-13(14)15(20-16)18-11-5-8-12-6-1-2-7-12/h3-4,9-10,12H,1-2,5-8,11H2,(H,18,19,20). The van der Waals surface area contributed by atoms with Gasteiger partial charge in [0.2, 0.25) is 5.28 Å². The molecule has 0 atom stereocenters. The topological polar surface area (TPSA) is 37.8 Å². The highest BCUT2D eigenvalue weighted by molar-refractivity contribution is 6.28. The van der Waals surface area contributed by atoms with Gasteiger partial charge in [-0.15, -0.1) is 0 Å². The van der Waals surface area contributed by atoms with Gasteiger partial charge in [-0.2, -0.15) is 0 Å². The molecule has 1 aliphatic rings. The lowest BCUT2D eigenvalue weighted by Crippen LogP contribution is -2.06. The van der Waals surface area contributed by atoms with Crippen molar-refractivity contribution in [2.75, 3.05) is 11.9 Å². The maximum Gasteiger partial charge on any atom is 0.224 e. The number of halogens is 1. The van der Waals surface area contributed by atoms with E-state index in [9.17, 15) is 0 Å². The van der Waals surface area contributed by atoms with Crippen LogP contribution in [0.5, 0.6) is 0 Å². The fourth-order valence-corrected chi connectivity index (χ4v) is 3.26. The Labute approximate surface area is 124 Å². The summed E-state index contributed by atoms with van der Waals surface area (Å²) in [6.07, 6.45) is 8.20. The van der Waals surface area contributed by atoms with E-state index in [0.29, 0.717) is 5.28 Å². The van der Waals surface area contributed by atoms with Crippen molar-refractivity contribution >= 4 is 28.3 Å². The Morgan fingerprint density at radius 3 is 2.80 bits per heavy atom. The molecule has 0 radical (unpaired) electrons. The Kier molecular flexibility index (Phi) is 4.36. The largest absolute Gasteiger partial charge is 0.369 e. The van der Waals surface area contributed by atoms with Crippen molar-refractivity contribution in [3.63, 3.8) is 0 Å². The maximum absolute atomic E-state index is 5.98. The second-order valence-electron chi connectivity index (χ2n) is 5.58. The van der Waals surface area contributed by atoms with Gasteiger partial charge in [0, 0.05) is 11.9 Å². The number of rotatable bonds is 5. The van der Waals surface area contributed by atoms with Gasteiger partial charge in [0.15, 0.2) is 0 Å². The summed E-state index contributed by atoms with van der Waals surface area (Å²) in [7, 11) is 0. The van der Waals surface area contributed by atoms with E-state index < -0.39 is 0 Å². The Morgan fingerprint density at radius 2 is 1.95 bits per heavy atom. The summed E-state index contributed by atoms with van der Waals surface area (Å²) in [5.41, 5.74) is 0.894. The Morgan fingerprint density at radius 1 is 1.15 bits per heavy atom. The molecular formula is C16H20ClN3. The highest BCUT2D eigenvalue weighted by Gasteiger charge is 2.14. The fourth-order valence-electron chi connectivity index (χ4n) is 3.08. The summed E-state index contributed by atoms with van der Waals surface area (Å²) >= 11 is 5.98. The van der Waals surface area contributed by atoms with Crippen LogP contribution in [0.1, 0.15) is 38.5 Å². The van der Waals surface area contributed by atoms with E-state index in [1.54, 1.807) is 0 Å². The highest BCUT2D eigenvalue weighted by atomic mass is 35.5. The van der Waals surface area contributed by atoms with Crippen molar-refractivity contribution in [2.45, 2.75) is 38.5 Å². The van der Waals surface area contributed by atoms with E-state index in [4.69, 9.17) is 11.6 Å². The molecule has 1 N–H and O–H groups in total. The van der Waals surface area contributed by atoms with E-state index >= 15 is 0 Å². The molecule has 0 amide bonds. The van der Waals surface area contributed by atoms with Crippen LogP contribution >= 0.6 is 11.6 Å². The van der Waals surface area contributed by atoms with Crippen molar-refractivity contribution in [1.29, 1.82) is 0 Å². The molecule has 20 heavy (non-hydrogen) atoms. The van der Waals surface area contributed by atoms with E-state index in [2.05, 4.69) is 15.3 Å². The number of hydrogen-bond donors (Lipinski definition) is 1. The summed E-state index contributed by atoms with van der Waals surface area (Å²) in [5, 5.41) is 4.76. The number of hydrogen-bond acceptors (Lipinski definition) is 3. The molecule has 0 unspecified atom stereocenters. The van der Waals surface area contributed by atoms with Crippen LogP contribution in [0.2, 0.25) is 5.28 Å². The van der Waals surface area contributed by atoms with Crippen LogP contribution in [-0.4, -0.2) is 16.5 Å². The molecule has 106 valence electrons. The molecular weight excluding hydrogens is 270 g/mol. The van der Waals surface area contributed by atoms with Crippen molar-refractivity contribution in [3.8, 4) is 0 Å². The van der Waals surface area contributed by atoms with Crippen molar-refractivity contribution in [2.24, 2.45) is 5.92 Å². The lowest BCUT2D eigenvalue weighted by Gasteiger charge is -2.11. The second kappa shape index (κ2) is 6.40. The first-order chi connectivity index (χ1) is 9.83. The minimum atomic E-state index is 0.307. The van der Waals surface area contributed by atoms with Crippen LogP contribution in [0.25, 0.3) is 10.9 Å². The van der Waals surface area contributed by atoms with Gasteiger partial charge in [0.1, 0.15) is 5.82 Å². The van der Waals surface area contributed by atoms with Crippen molar-refractivity contribution < 1.29 is 0 Å².